The average molecular weight is 302 g/mol. The normalized spacial score (nSPS) is 17.0. The third-order valence-electron chi connectivity index (χ3n) is 4.26. The van der Waals surface area contributed by atoms with E-state index in [2.05, 4.69) is 15.5 Å². The van der Waals surface area contributed by atoms with Gasteiger partial charge in [0.2, 0.25) is 0 Å². The molecule has 116 valence electrons. The van der Waals surface area contributed by atoms with Crippen molar-refractivity contribution < 1.29 is 9.18 Å². The number of benzene rings is 1. The van der Waals surface area contributed by atoms with Crippen LogP contribution in [0.4, 0.5) is 4.39 Å². The van der Waals surface area contributed by atoms with Gasteiger partial charge in [-0.3, -0.25) is 9.89 Å². The van der Waals surface area contributed by atoms with Crippen LogP contribution in [0.3, 0.4) is 0 Å². The minimum atomic E-state index is -0.377. The maximum atomic E-state index is 12.9. The average Bonchev–Trinajstić information content (AvgIpc) is 3.26. The minimum absolute atomic E-state index is 0.222. The lowest BCUT2D eigenvalue weighted by Gasteiger charge is -2.29. The molecular formula is C16H19FN4O. The van der Waals surface area contributed by atoms with Crippen molar-refractivity contribution in [3.8, 4) is 11.3 Å². The number of rotatable bonds is 5. The Morgan fingerprint density at radius 2 is 2.14 bits per heavy atom. The van der Waals surface area contributed by atoms with Gasteiger partial charge in [-0.2, -0.15) is 5.10 Å². The SMILES string of the molecule is CC(CN)(NC(=O)c1cc(-c2ccc(F)cc2)n[nH]1)C1CC1. The number of carbonyl (C=O) groups excluding carboxylic acids is 1. The summed E-state index contributed by atoms with van der Waals surface area (Å²) >= 11 is 0. The van der Waals surface area contributed by atoms with E-state index in [1.165, 1.54) is 12.1 Å². The van der Waals surface area contributed by atoms with Crippen LogP contribution >= 0.6 is 0 Å². The Labute approximate surface area is 128 Å². The predicted octanol–water partition coefficient (Wildman–Crippen LogP) is 2.07. The van der Waals surface area contributed by atoms with Crippen molar-refractivity contribution in [2.45, 2.75) is 25.3 Å². The molecule has 0 saturated heterocycles. The first-order chi connectivity index (χ1) is 10.5. The highest BCUT2D eigenvalue weighted by Gasteiger charge is 2.41. The standard InChI is InChI=1S/C16H19FN4O/c1-16(9-18,11-4-5-11)19-15(22)14-8-13(20-21-14)10-2-6-12(17)7-3-10/h2-3,6-8,11H,4-5,9,18H2,1H3,(H,19,22)(H,20,21). The van der Waals surface area contributed by atoms with Crippen LogP contribution in [0, 0.1) is 11.7 Å². The molecule has 0 spiro atoms. The van der Waals surface area contributed by atoms with E-state index in [-0.39, 0.29) is 17.3 Å². The van der Waals surface area contributed by atoms with E-state index in [0.717, 1.165) is 18.4 Å². The number of H-pyrrole nitrogens is 1. The van der Waals surface area contributed by atoms with Crippen LogP contribution in [0.15, 0.2) is 30.3 Å². The summed E-state index contributed by atoms with van der Waals surface area (Å²) < 4.78 is 12.9. The summed E-state index contributed by atoms with van der Waals surface area (Å²) in [5.41, 5.74) is 7.16. The molecule has 1 unspecified atom stereocenters. The van der Waals surface area contributed by atoms with Gasteiger partial charge in [0, 0.05) is 12.1 Å². The van der Waals surface area contributed by atoms with Crippen molar-refractivity contribution in [3.05, 3.63) is 41.8 Å². The smallest absolute Gasteiger partial charge is 0.269 e. The second-order valence-corrected chi connectivity index (χ2v) is 6.02. The monoisotopic (exact) mass is 302 g/mol. The van der Waals surface area contributed by atoms with E-state index in [1.807, 2.05) is 6.92 Å². The first-order valence-electron chi connectivity index (χ1n) is 7.36. The summed E-state index contributed by atoms with van der Waals surface area (Å²) in [4.78, 5) is 12.4. The van der Waals surface area contributed by atoms with E-state index in [9.17, 15) is 9.18 Å². The number of amides is 1. The van der Waals surface area contributed by atoms with E-state index in [4.69, 9.17) is 5.73 Å². The van der Waals surface area contributed by atoms with Crippen molar-refractivity contribution >= 4 is 5.91 Å². The van der Waals surface area contributed by atoms with Gasteiger partial charge >= 0.3 is 0 Å². The fraction of sp³-hybridized carbons (Fsp3) is 0.375. The summed E-state index contributed by atoms with van der Waals surface area (Å²) in [5, 5.41) is 9.84. The van der Waals surface area contributed by atoms with Gasteiger partial charge in [-0.1, -0.05) is 0 Å². The number of carbonyl (C=O) groups is 1. The number of aromatic nitrogens is 2. The lowest BCUT2D eigenvalue weighted by Crippen LogP contribution is -2.53. The van der Waals surface area contributed by atoms with Gasteiger partial charge in [-0.05, 0) is 56.0 Å². The molecule has 1 fully saturated rings. The lowest BCUT2D eigenvalue weighted by atomic mass is 9.96. The first kappa shape index (κ1) is 14.7. The topological polar surface area (TPSA) is 83.8 Å². The van der Waals surface area contributed by atoms with Crippen molar-refractivity contribution in [3.63, 3.8) is 0 Å². The number of nitrogens with zero attached hydrogens (tertiary/aromatic N) is 1. The largest absolute Gasteiger partial charge is 0.344 e. The van der Waals surface area contributed by atoms with Crippen LogP contribution in [-0.4, -0.2) is 28.2 Å². The van der Waals surface area contributed by atoms with Crippen LogP contribution < -0.4 is 11.1 Å². The molecule has 0 bridgehead atoms. The van der Waals surface area contributed by atoms with Gasteiger partial charge in [0.15, 0.2) is 0 Å². The highest BCUT2D eigenvalue weighted by molar-refractivity contribution is 5.93. The molecule has 1 aliphatic rings. The zero-order valence-electron chi connectivity index (χ0n) is 12.4. The van der Waals surface area contributed by atoms with Gasteiger partial charge in [-0.25, -0.2) is 4.39 Å². The Hall–Kier alpha value is -2.21. The van der Waals surface area contributed by atoms with E-state index in [1.54, 1.807) is 18.2 Å². The number of aromatic amines is 1. The first-order valence-corrected chi connectivity index (χ1v) is 7.36. The number of nitrogens with two attached hydrogens (primary N) is 1. The summed E-state index contributed by atoms with van der Waals surface area (Å²) in [6.07, 6.45) is 2.19. The van der Waals surface area contributed by atoms with Gasteiger partial charge in [0.25, 0.3) is 5.91 Å². The second kappa shape index (κ2) is 5.53. The lowest BCUT2D eigenvalue weighted by molar-refractivity contribution is 0.0892. The van der Waals surface area contributed by atoms with Gasteiger partial charge in [0.05, 0.1) is 11.2 Å². The molecule has 1 aliphatic carbocycles. The molecule has 1 saturated carbocycles. The molecule has 4 N–H and O–H groups in total. The Morgan fingerprint density at radius 3 is 2.73 bits per heavy atom. The molecular weight excluding hydrogens is 283 g/mol. The van der Waals surface area contributed by atoms with Crippen LogP contribution in [-0.2, 0) is 0 Å². The molecule has 1 atom stereocenters. The van der Waals surface area contributed by atoms with Gasteiger partial charge in [-0.15, -0.1) is 0 Å². The Kier molecular flexibility index (Phi) is 3.70. The van der Waals surface area contributed by atoms with E-state index in [0.29, 0.717) is 23.9 Å². The van der Waals surface area contributed by atoms with Crippen molar-refractivity contribution in [1.82, 2.24) is 15.5 Å². The van der Waals surface area contributed by atoms with E-state index >= 15 is 0 Å². The van der Waals surface area contributed by atoms with Gasteiger partial charge in [0.1, 0.15) is 11.5 Å². The van der Waals surface area contributed by atoms with Crippen LogP contribution in [0.5, 0.6) is 0 Å². The summed E-state index contributed by atoms with van der Waals surface area (Å²) in [7, 11) is 0. The third kappa shape index (κ3) is 2.87. The Morgan fingerprint density at radius 1 is 1.45 bits per heavy atom. The third-order valence-corrected chi connectivity index (χ3v) is 4.26. The fourth-order valence-electron chi connectivity index (χ4n) is 2.57. The summed E-state index contributed by atoms with van der Waals surface area (Å²) in [6.45, 7) is 2.38. The molecule has 1 aromatic heterocycles. The predicted molar refractivity (Wildman–Crippen MR) is 81.6 cm³/mol. The summed E-state index contributed by atoms with van der Waals surface area (Å²) in [6, 6.07) is 7.64. The second-order valence-electron chi connectivity index (χ2n) is 6.02. The molecule has 5 nitrogen and oxygen atoms in total. The highest BCUT2D eigenvalue weighted by Crippen LogP contribution is 2.39. The number of halogens is 1. The van der Waals surface area contributed by atoms with Crippen molar-refractivity contribution in [2.75, 3.05) is 6.54 Å². The molecule has 1 heterocycles. The molecule has 2 aromatic rings. The number of nitrogens with one attached hydrogen (secondary N) is 2. The van der Waals surface area contributed by atoms with Crippen molar-refractivity contribution in [1.29, 1.82) is 0 Å². The molecule has 0 aliphatic heterocycles. The van der Waals surface area contributed by atoms with E-state index < -0.39 is 0 Å². The molecule has 3 rings (SSSR count). The molecule has 1 aromatic carbocycles. The van der Waals surface area contributed by atoms with Crippen LogP contribution in [0.2, 0.25) is 0 Å². The zero-order chi connectivity index (χ0) is 15.7. The quantitative estimate of drug-likeness (QED) is 0.790. The van der Waals surface area contributed by atoms with Crippen LogP contribution in [0.1, 0.15) is 30.3 Å². The molecule has 22 heavy (non-hydrogen) atoms. The fourth-order valence-corrected chi connectivity index (χ4v) is 2.57. The molecule has 0 radical (unpaired) electrons. The number of hydrogen-bond acceptors (Lipinski definition) is 3. The Balaban J connectivity index is 1.75. The van der Waals surface area contributed by atoms with Gasteiger partial charge < -0.3 is 11.1 Å². The zero-order valence-corrected chi connectivity index (χ0v) is 12.4. The minimum Gasteiger partial charge on any atom is -0.344 e. The highest BCUT2D eigenvalue weighted by atomic mass is 19.1. The Bertz CT molecular complexity index is 678. The van der Waals surface area contributed by atoms with Crippen LogP contribution in [0.25, 0.3) is 11.3 Å². The maximum absolute atomic E-state index is 12.9. The van der Waals surface area contributed by atoms with Crippen molar-refractivity contribution in [2.24, 2.45) is 11.7 Å². The summed E-state index contributed by atoms with van der Waals surface area (Å²) in [5.74, 6) is -0.0814. The maximum Gasteiger partial charge on any atom is 0.269 e. The number of hydrogen-bond donors (Lipinski definition) is 3. The molecule has 6 heteroatoms. The molecule has 1 amide bonds.